The van der Waals surface area contributed by atoms with Crippen LogP contribution in [0.5, 0.6) is 0 Å². The molecule has 3 nitrogen and oxygen atoms in total. The zero-order chi connectivity index (χ0) is 13.9. The van der Waals surface area contributed by atoms with E-state index < -0.39 is 0 Å². The zero-order valence-electron chi connectivity index (χ0n) is 11.6. The molecule has 1 heterocycles. The van der Waals surface area contributed by atoms with Crippen molar-refractivity contribution in [3.8, 4) is 0 Å². The summed E-state index contributed by atoms with van der Waals surface area (Å²) in [6.07, 6.45) is 2.35. The Morgan fingerprint density at radius 1 is 1.53 bits per heavy atom. The third-order valence-corrected chi connectivity index (χ3v) is 4.67. The maximum absolute atomic E-state index is 12.1. The quantitative estimate of drug-likeness (QED) is 0.897. The van der Waals surface area contributed by atoms with E-state index in [4.69, 9.17) is 0 Å². The molecule has 2 N–H and O–H groups in total. The highest BCUT2D eigenvalue weighted by Gasteiger charge is 2.27. The number of hydrogen-bond donors (Lipinski definition) is 2. The van der Waals surface area contributed by atoms with Crippen molar-refractivity contribution in [2.45, 2.75) is 26.7 Å². The van der Waals surface area contributed by atoms with Crippen LogP contribution in [0.2, 0.25) is 0 Å². The second kappa shape index (κ2) is 6.06. The maximum atomic E-state index is 12.1. The van der Waals surface area contributed by atoms with Crippen LogP contribution in [0.25, 0.3) is 0 Å². The van der Waals surface area contributed by atoms with Gasteiger partial charge in [0.1, 0.15) is 0 Å². The number of rotatable bonds is 3. The summed E-state index contributed by atoms with van der Waals surface area (Å²) in [5, 5.41) is 6.46. The Labute approximate surface area is 123 Å². The molecule has 1 fully saturated rings. The molecule has 1 atom stereocenters. The fraction of sp³-hybridized carbons (Fsp3) is 0.533. The van der Waals surface area contributed by atoms with Crippen molar-refractivity contribution in [1.29, 1.82) is 0 Å². The van der Waals surface area contributed by atoms with Gasteiger partial charge in [0.15, 0.2) is 0 Å². The summed E-state index contributed by atoms with van der Waals surface area (Å²) >= 11 is 3.45. The summed E-state index contributed by atoms with van der Waals surface area (Å²) in [7, 11) is 0. The van der Waals surface area contributed by atoms with E-state index in [1.807, 2.05) is 25.1 Å². The maximum Gasteiger partial charge on any atom is 0.251 e. The van der Waals surface area contributed by atoms with Crippen molar-refractivity contribution in [2.24, 2.45) is 5.41 Å². The first-order chi connectivity index (χ1) is 9.00. The molecule has 0 radical (unpaired) electrons. The van der Waals surface area contributed by atoms with Crippen LogP contribution >= 0.6 is 15.9 Å². The van der Waals surface area contributed by atoms with Crippen molar-refractivity contribution in [3.05, 3.63) is 33.8 Å². The first kappa shape index (κ1) is 14.5. The number of amides is 1. The summed E-state index contributed by atoms with van der Waals surface area (Å²) in [5.41, 5.74) is 1.99. The summed E-state index contributed by atoms with van der Waals surface area (Å²) in [6, 6.07) is 5.70. The third kappa shape index (κ3) is 3.80. The molecular formula is C15H21BrN2O. The standard InChI is InChI=1S/C15H21BrN2O/c1-11-8-12(4-5-13(11)16)14(19)18-10-15(2)6-3-7-17-9-15/h4-5,8,17H,3,6-7,9-10H2,1-2H3,(H,18,19). The van der Waals surface area contributed by atoms with Gasteiger partial charge in [-0.3, -0.25) is 4.79 Å². The highest BCUT2D eigenvalue weighted by atomic mass is 79.9. The molecule has 1 aliphatic rings. The van der Waals surface area contributed by atoms with Crippen LogP contribution in [0.1, 0.15) is 35.7 Å². The van der Waals surface area contributed by atoms with Gasteiger partial charge in [0.25, 0.3) is 5.91 Å². The number of aryl methyl sites for hydroxylation is 1. The fourth-order valence-electron chi connectivity index (χ4n) is 2.45. The van der Waals surface area contributed by atoms with Gasteiger partial charge >= 0.3 is 0 Å². The molecule has 104 valence electrons. The topological polar surface area (TPSA) is 41.1 Å². The minimum absolute atomic E-state index is 0.0161. The monoisotopic (exact) mass is 324 g/mol. The van der Waals surface area contributed by atoms with Gasteiger partial charge in [0.05, 0.1) is 0 Å². The van der Waals surface area contributed by atoms with E-state index in [0.29, 0.717) is 0 Å². The van der Waals surface area contributed by atoms with Gasteiger partial charge in [-0.2, -0.15) is 0 Å². The molecule has 0 saturated carbocycles. The molecule has 0 aliphatic carbocycles. The Bertz CT molecular complexity index is 467. The molecule has 1 aliphatic heterocycles. The van der Waals surface area contributed by atoms with E-state index in [2.05, 4.69) is 33.5 Å². The highest BCUT2D eigenvalue weighted by molar-refractivity contribution is 9.10. The first-order valence-electron chi connectivity index (χ1n) is 6.75. The second-order valence-corrected chi connectivity index (χ2v) is 6.59. The Balaban J connectivity index is 1.95. The average molecular weight is 325 g/mol. The molecule has 2 rings (SSSR count). The lowest BCUT2D eigenvalue weighted by Gasteiger charge is -2.34. The summed E-state index contributed by atoms with van der Waals surface area (Å²) in [4.78, 5) is 12.1. The predicted octanol–water partition coefficient (Wildman–Crippen LogP) is 2.88. The molecule has 1 saturated heterocycles. The van der Waals surface area contributed by atoms with Crippen molar-refractivity contribution in [2.75, 3.05) is 19.6 Å². The molecule has 1 aromatic carbocycles. The van der Waals surface area contributed by atoms with Crippen LogP contribution in [0, 0.1) is 12.3 Å². The second-order valence-electron chi connectivity index (χ2n) is 5.74. The van der Waals surface area contributed by atoms with Gasteiger partial charge in [0, 0.05) is 23.1 Å². The van der Waals surface area contributed by atoms with Crippen molar-refractivity contribution >= 4 is 21.8 Å². The van der Waals surface area contributed by atoms with Crippen LogP contribution in [-0.4, -0.2) is 25.5 Å². The lowest BCUT2D eigenvalue weighted by molar-refractivity contribution is 0.0924. The van der Waals surface area contributed by atoms with E-state index in [0.717, 1.165) is 35.2 Å². The number of halogens is 1. The number of carbonyl (C=O) groups excluding carboxylic acids is 1. The molecule has 1 aromatic rings. The number of benzene rings is 1. The van der Waals surface area contributed by atoms with E-state index in [1.54, 1.807) is 0 Å². The van der Waals surface area contributed by atoms with Crippen LogP contribution in [0.15, 0.2) is 22.7 Å². The Morgan fingerprint density at radius 3 is 2.95 bits per heavy atom. The number of hydrogen-bond acceptors (Lipinski definition) is 2. The van der Waals surface area contributed by atoms with Crippen molar-refractivity contribution in [3.63, 3.8) is 0 Å². The summed E-state index contributed by atoms with van der Waals surface area (Å²) in [5.74, 6) is 0.0161. The summed E-state index contributed by atoms with van der Waals surface area (Å²) in [6.45, 7) is 7.02. The van der Waals surface area contributed by atoms with E-state index in [9.17, 15) is 4.79 Å². The molecule has 0 spiro atoms. The first-order valence-corrected chi connectivity index (χ1v) is 7.55. The van der Waals surface area contributed by atoms with E-state index in [-0.39, 0.29) is 11.3 Å². The third-order valence-electron chi connectivity index (χ3n) is 3.78. The van der Waals surface area contributed by atoms with Crippen LogP contribution in [0.3, 0.4) is 0 Å². The van der Waals surface area contributed by atoms with Crippen molar-refractivity contribution in [1.82, 2.24) is 10.6 Å². The van der Waals surface area contributed by atoms with Gasteiger partial charge in [-0.25, -0.2) is 0 Å². The fourth-order valence-corrected chi connectivity index (χ4v) is 2.70. The Hall–Kier alpha value is -0.870. The average Bonchev–Trinajstić information content (AvgIpc) is 2.40. The Kier molecular flexibility index (Phi) is 4.63. The number of piperidine rings is 1. The van der Waals surface area contributed by atoms with Crippen LogP contribution in [0.4, 0.5) is 0 Å². The van der Waals surface area contributed by atoms with Crippen LogP contribution in [-0.2, 0) is 0 Å². The predicted molar refractivity (Wildman–Crippen MR) is 81.4 cm³/mol. The molecule has 19 heavy (non-hydrogen) atoms. The molecule has 0 aromatic heterocycles. The van der Waals surface area contributed by atoms with Gasteiger partial charge < -0.3 is 10.6 Å². The number of nitrogens with one attached hydrogen (secondary N) is 2. The molecule has 1 unspecified atom stereocenters. The van der Waals surface area contributed by atoms with Gasteiger partial charge in [0.2, 0.25) is 0 Å². The van der Waals surface area contributed by atoms with Gasteiger partial charge in [-0.05, 0) is 55.5 Å². The lowest BCUT2D eigenvalue weighted by Crippen LogP contribution is -2.45. The van der Waals surface area contributed by atoms with Crippen LogP contribution < -0.4 is 10.6 Å². The van der Waals surface area contributed by atoms with Crippen molar-refractivity contribution < 1.29 is 4.79 Å². The molecular weight excluding hydrogens is 304 g/mol. The largest absolute Gasteiger partial charge is 0.351 e. The minimum atomic E-state index is 0.0161. The highest BCUT2D eigenvalue weighted by Crippen LogP contribution is 2.24. The summed E-state index contributed by atoms with van der Waals surface area (Å²) < 4.78 is 1.03. The Morgan fingerprint density at radius 2 is 2.32 bits per heavy atom. The molecule has 0 bridgehead atoms. The smallest absolute Gasteiger partial charge is 0.251 e. The lowest BCUT2D eigenvalue weighted by atomic mass is 9.83. The van der Waals surface area contributed by atoms with E-state index >= 15 is 0 Å². The number of carbonyl (C=O) groups is 1. The molecule has 4 heteroatoms. The SMILES string of the molecule is Cc1cc(C(=O)NCC2(C)CCCNC2)ccc1Br. The molecule has 1 amide bonds. The van der Waals surface area contributed by atoms with Gasteiger partial charge in [-0.1, -0.05) is 22.9 Å². The minimum Gasteiger partial charge on any atom is -0.351 e. The van der Waals surface area contributed by atoms with Gasteiger partial charge in [-0.15, -0.1) is 0 Å². The zero-order valence-corrected chi connectivity index (χ0v) is 13.1. The normalized spacial score (nSPS) is 23.1. The van der Waals surface area contributed by atoms with E-state index in [1.165, 1.54) is 12.8 Å².